The molecule has 1 rings (SSSR count). The topological polar surface area (TPSA) is 101 Å². The van der Waals surface area contributed by atoms with E-state index in [0.29, 0.717) is 5.16 Å². The number of aliphatic carboxylic acids is 1. The quantitative estimate of drug-likeness (QED) is 0.488. The van der Waals surface area contributed by atoms with Gasteiger partial charge in [0.15, 0.2) is 0 Å². The molecule has 1 aromatic rings. The molecule has 1 heterocycles. The predicted octanol–water partition coefficient (Wildman–Crippen LogP) is -0.378. The molecule has 0 aliphatic carbocycles. The van der Waals surface area contributed by atoms with E-state index >= 15 is 0 Å². The van der Waals surface area contributed by atoms with E-state index in [4.69, 9.17) is 10.2 Å². The van der Waals surface area contributed by atoms with Crippen molar-refractivity contribution in [1.29, 1.82) is 0 Å². The molecule has 0 unspecified atom stereocenters. The zero-order valence-electron chi connectivity index (χ0n) is 8.04. The molecule has 0 radical (unpaired) electrons. The van der Waals surface area contributed by atoms with Gasteiger partial charge in [-0.3, -0.25) is 4.79 Å². The Kier molecular flexibility index (Phi) is 5.05. The molecular weight excluding hydrogens is 220 g/mol. The van der Waals surface area contributed by atoms with Gasteiger partial charge in [-0.15, -0.1) is 5.10 Å². The van der Waals surface area contributed by atoms with Crippen LogP contribution in [0.3, 0.4) is 0 Å². The van der Waals surface area contributed by atoms with Crippen LogP contribution in [-0.4, -0.2) is 48.7 Å². The molecule has 0 atom stereocenters. The van der Waals surface area contributed by atoms with Crippen molar-refractivity contribution in [1.82, 2.24) is 20.2 Å². The molecule has 2 N–H and O–H groups in total. The van der Waals surface area contributed by atoms with Crippen molar-refractivity contribution < 1.29 is 15.0 Å². The minimum Gasteiger partial charge on any atom is -0.480 e. The van der Waals surface area contributed by atoms with E-state index in [9.17, 15) is 4.79 Å². The van der Waals surface area contributed by atoms with Gasteiger partial charge in [0, 0.05) is 12.4 Å². The number of unbranched alkanes of at least 4 members (excludes halogenated alkanes) is 1. The van der Waals surface area contributed by atoms with Crippen molar-refractivity contribution in [2.45, 2.75) is 24.5 Å². The zero-order valence-corrected chi connectivity index (χ0v) is 8.85. The Hall–Kier alpha value is -1.15. The number of aromatic nitrogens is 4. The van der Waals surface area contributed by atoms with Crippen LogP contribution >= 0.6 is 11.8 Å². The number of hydrogen-bond donors (Lipinski definition) is 2. The van der Waals surface area contributed by atoms with Gasteiger partial charge in [0.2, 0.25) is 5.16 Å². The van der Waals surface area contributed by atoms with E-state index in [1.165, 1.54) is 16.4 Å². The number of nitrogens with zero attached hydrogens (tertiary/aromatic N) is 4. The van der Waals surface area contributed by atoms with Crippen LogP contribution in [0.1, 0.15) is 12.8 Å². The van der Waals surface area contributed by atoms with Crippen LogP contribution in [0.25, 0.3) is 0 Å². The molecule has 1 aromatic heterocycles. The number of aliphatic hydroxyl groups is 1. The molecule has 84 valence electrons. The maximum Gasteiger partial charge on any atom is 0.325 e. The molecule has 0 saturated carbocycles. The van der Waals surface area contributed by atoms with E-state index < -0.39 is 5.97 Å². The number of hydrogen-bond acceptors (Lipinski definition) is 6. The molecule has 0 amide bonds. The second-order valence-corrected chi connectivity index (χ2v) is 3.85. The Morgan fingerprint density at radius 3 is 2.93 bits per heavy atom. The number of tetrazole rings is 1. The van der Waals surface area contributed by atoms with Crippen molar-refractivity contribution in [2.75, 3.05) is 12.4 Å². The van der Waals surface area contributed by atoms with Gasteiger partial charge in [0.05, 0.1) is 0 Å². The first-order chi connectivity index (χ1) is 7.24. The third kappa shape index (κ3) is 4.26. The Morgan fingerprint density at radius 1 is 1.47 bits per heavy atom. The summed E-state index contributed by atoms with van der Waals surface area (Å²) in [4.78, 5) is 10.4. The van der Waals surface area contributed by atoms with Crippen molar-refractivity contribution in [2.24, 2.45) is 0 Å². The fraction of sp³-hybridized carbons (Fsp3) is 0.714. The highest BCUT2D eigenvalue weighted by Crippen LogP contribution is 2.14. The lowest BCUT2D eigenvalue weighted by Gasteiger charge is -2.00. The largest absolute Gasteiger partial charge is 0.480 e. The number of carboxylic acids is 1. The summed E-state index contributed by atoms with van der Waals surface area (Å²) in [5.41, 5.74) is 0. The standard InChI is InChI=1S/C7H12N4O3S/c12-3-1-2-4-15-7-8-9-10-11(7)5-6(13)14/h12H,1-5H2,(H,13,14). The van der Waals surface area contributed by atoms with E-state index in [2.05, 4.69) is 15.5 Å². The summed E-state index contributed by atoms with van der Waals surface area (Å²) in [5, 5.41) is 28.3. The summed E-state index contributed by atoms with van der Waals surface area (Å²) in [7, 11) is 0. The minimum atomic E-state index is -0.973. The molecule has 0 fully saturated rings. The molecule has 15 heavy (non-hydrogen) atoms. The third-order valence-electron chi connectivity index (χ3n) is 1.57. The van der Waals surface area contributed by atoms with Crippen molar-refractivity contribution in [3.05, 3.63) is 0 Å². The lowest BCUT2D eigenvalue weighted by Crippen LogP contribution is -2.11. The molecule has 0 saturated heterocycles. The Bertz CT molecular complexity index is 317. The lowest BCUT2D eigenvalue weighted by atomic mass is 10.4. The van der Waals surface area contributed by atoms with Crippen molar-refractivity contribution in [3.8, 4) is 0 Å². The van der Waals surface area contributed by atoms with Crippen LogP contribution in [0, 0.1) is 0 Å². The summed E-state index contributed by atoms with van der Waals surface area (Å²) in [6, 6.07) is 0. The second kappa shape index (κ2) is 6.36. The van der Waals surface area contributed by atoms with Crippen LogP contribution in [0.5, 0.6) is 0 Å². The highest BCUT2D eigenvalue weighted by Gasteiger charge is 2.09. The smallest absolute Gasteiger partial charge is 0.325 e. The van der Waals surface area contributed by atoms with Crippen molar-refractivity contribution in [3.63, 3.8) is 0 Å². The fourth-order valence-electron chi connectivity index (χ4n) is 0.904. The van der Waals surface area contributed by atoms with Gasteiger partial charge in [0.1, 0.15) is 6.54 Å². The second-order valence-electron chi connectivity index (χ2n) is 2.79. The number of rotatable bonds is 7. The molecule has 0 spiro atoms. The van der Waals surface area contributed by atoms with Gasteiger partial charge in [0.25, 0.3) is 0 Å². The van der Waals surface area contributed by atoms with Gasteiger partial charge in [-0.25, -0.2) is 4.68 Å². The summed E-state index contributed by atoms with van der Waals surface area (Å²) in [5.74, 6) is -0.208. The summed E-state index contributed by atoms with van der Waals surface area (Å²) in [6.07, 6.45) is 1.58. The van der Waals surface area contributed by atoms with Gasteiger partial charge < -0.3 is 10.2 Å². The maximum atomic E-state index is 10.4. The first kappa shape index (κ1) is 11.9. The zero-order chi connectivity index (χ0) is 11.1. The minimum absolute atomic E-state index is 0.167. The average molecular weight is 232 g/mol. The van der Waals surface area contributed by atoms with E-state index in [-0.39, 0.29) is 13.2 Å². The number of carboxylic acid groups (broad SMARTS) is 1. The van der Waals surface area contributed by atoms with Gasteiger partial charge in [-0.2, -0.15) is 0 Å². The predicted molar refractivity (Wildman–Crippen MR) is 52.5 cm³/mol. The van der Waals surface area contributed by atoms with Gasteiger partial charge in [-0.05, 0) is 23.3 Å². The van der Waals surface area contributed by atoms with E-state index in [1.807, 2.05) is 0 Å². The third-order valence-corrected chi connectivity index (χ3v) is 2.61. The SMILES string of the molecule is O=C(O)Cn1nnnc1SCCCCO. The normalized spacial score (nSPS) is 10.5. The Morgan fingerprint density at radius 2 is 2.27 bits per heavy atom. The molecule has 0 aliphatic heterocycles. The van der Waals surface area contributed by atoms with E-state index in [0.717, 1.165) is 18.6 Å². The molecule has 0 bridgehead atoms. The summed E-state index contributed by atoms with van der Waals surface area (Å²) >= 11 is 1.39. The highest BCUT2D eigenvalue weighted by molar-refractivity contribution is 7.99. The van der Waals surface area contributed by atoms with Gasteiger partial charge in [-0.1, -0.05) is 11.8 Å². The molecule has 7 nitrogen and oxygen atoms in total. The monoisotopic (exact) mass is 232 g/mol. The summed E-state index contributed by atoms with van der Waals surface area (Å²) in [6.45, 7) is -0.0596. The Balaban J connectivity index is 2.39. The van der Waals surface area contributed by atoms with Crippen LogP contribution in [-0.2, 0) is 11.3 Å². The molecule has 0 aromatic carbocycles. The number of thioether (sulfide) groups is 1. The fourth-order valence-corrected chi connectivity index (χ4v) is 1.78. The Labute approximate surface area is 90.5 Å². The van der Waals surface area contributed by atoms with Crippen molar-refractivity contribution >= 4 is 17.7 Å². The van der Waals surface area contributed by atoms with Crippen LogP contribution in [0.15, 0.2) is 5.16 Å². The van der Waals surface area contributed by atoms with Gasteiger partial charge >= 0.3 is 5.97 Å². The number of carbonyl (C=O) groups is 1. The van der Waals surface area contributed by atoms with Crippen LogP contribution in [0.4, 0.5) is 0 Å². The molecular formula is C7H12N4O3S. The average Bonchev–Trinajstić information content (AvgIpc) is 2.59. The lowest BCUT2D eigenvalue weighted by molar-refractivity contribution is -0.138. The first-order valence-corrected chi connectivity index (χ1v) is 5.44. The van der Waals surface area contributed by atoms with Crippen LogP contribution < -0.4 is 0 Å². The van der Waals surface area contributed by atoms with E-state index in [1.54, 1.807) is 0 Å². The first-order valence-electron chi connectivity index (χ1n) is 4.45. The molecule has 8 heteroatoms. The highest BCUT2D eigenvalue weighted by atomic mass is 32.2. The molecule has 0 aliphatic rings. The maximum absolute atomic E-state index is 10.4. The number of aliphatic hydroxyl groups excluding tert-OH is 1. The summed E-state index contributed by atoms with van der Waals surface area (Å²) < 4.78 is 1.24. The van der Waals surface area contributed by atoms with Crippen LogP contribution in [0.2, 0.25) is 0 Å².